The van der Waals surface area contributed by atoms with Crippen molar-refractivity contribution in [3.05, 3.63) is 24.3 Å². The van der Waals surface area contributed by atoms with E-state index < -0.39 is 28.0 Å². The van der Waals surface area contributed by atoms with E-state index >= 15 is 0 Å². The van der Waals surface area contributed by atoms with Gasteiger partial charge in [0.15, 0.2) is 0 Å². The minimum Gasteiger partial charge on any atom is -0.387 e. The van der Waals surface area contributed by atoms with Gasteiger partial charge in [0, 0.05) is 6.42 Å². The Morgan fingerprint density at radius 1 is 0.703 bits per heavy atom. The molecule has 37 heavy (non-hydrogen) atoms. The lowest BCUT2D eigenvalue weighted by atomic mass is 10.0. The SMILES string of the molecule is CCCCCCC/C=C/CC/C=C/C(O)C(CS(=O)(=O)O)NC(=O)CCCCCCCCCCCCC. The first-order valence-corrected chi connectivity index (χ1v) is 16.6. The Labute approximate surface area is 228 Å². The Morgan fingerprint density at radius 2 is 1.16 bits per heavy atom. The summed E-state index contributed by atoms with van der Waals surface area (Å²) in [4.78, 5) is 12.3. The molecule has 2 atom stereocenters. The molecule has 0 aliphatic carbocycles. The zero-order chi connectivity index (χ0) is 27.6. The zero-order valence-corrected chi connectivity index (χ0v) is 24.7. The minimum absolute atomic E-state index is 0.290. The number of hydrogen-bond donors (Lipinski definition) is 3. The first-order valence-electron chi connectivity index (χ1n) is 15.0. The summed E-state index contributed by atoms with van der Waals surface area (Å²) in [5.74, 6) is -1.00. The van der Waals surface area contributed by atoms with E-state index in [4.69, 9.17) is 0 Å². The molecule has 0 fully saturated rings. The van der Waals surface area contributed by atoms with Crippen LogP contribution in [0.25, 0.3) is 0 Å². The average Bonchev–Trinajstić information content (AvgIpc) is 2.84. The van der Waals surface area contributed by atoms with E-state index in [9.17, 15) is 22.9 Å². The van der Waals surface area contributed by atoms with Gasteiger partial charge in [0.2, 0.25) is 5.91 Å². The van der Waals surface area contributed by atoms with Gasteiger partial charge >= 0.3 is 0 Å². The molecule has 0 saturated heterocycles. The number of carbonyl (C=O) groups excluding carboxylic acids is 1. The van der Waals surface area contributed by atoms with E-state index in [0.717, 1.165) is 32.1 Å². The Hall–Kier alpha value is -1.18. The van der Waals surface area contributed by atoms with Crippen LogP contribution in [-0.2, 0) is 14.9 Å². The topological polar surface area (TPSA) is 104 Å². The molecule has 0 aromatic rings. The maximum absolute atomic E-state index is 12.3. The Bertz CT molecular complexity index is 690. The van der Waals surface area contributed by atoms with Crippen LogP contribution in [0.4, 0.5) is 0 Å². The van der Waals surface area contributed by atoms with Gasteiger partial charge in [0.25, 0.3) is 10.1 Å². The maximum Gasteiger partial charge on any atom is 0.267 e. The third-order valence-electron chi connectivity index (χ3n) is 6.63. The van der Waals surface area contributed by atoms with E-state index in [-0.39, 0.29) is 5.91 Å². The van der Waals surface area contributed by atoms with Crippen LogP contribution in [0.3, 0.4) is 0 Å². The lowest BCUT2D eigenvalue weighted by Crippen LogP contribution is -2.46. The highest BCUT2D eigenvalue weighted by Crippen LogP contribution is 2.12. The first-order chi connectivity index (χ1) is 17.8. The number of unbranched alkanes of at least 4 members (excludes halogenated alkanes) is 16. The van der Waals surface area contributed by atoms with Crippen molar-refractivity contribution in [2.75, 3.05) is 5.75 Å². The predicted octanol–water partition coefficient (Wildman–Crippen LogP) is 7.67. The van der Waals surface area contributed by atoms with Gasteiger partial charge in [-0.05, 0) is 32.1 Å². The molecule has 0 rings (SSSR count). The normalized spacial score (nSPS) is 13.9. The van der Waals surface area contributed by atoms with E-state index in [0.29, 0.717) is 12.8 Å². The van der Waals surface area contributed by atoms with Crippen molar-refractivity contribution < 1.29 is 22.9 Å². The molecule has 0 radical (unpaired) electrons. The van der Waals surface area contributed by atoms with Gasteiger partial charge in [-0.2, -0.15) is 8.42 Å². The number of amides is 1. The Morgan fingerprint density at radius 3 is 1.70 bits per heavy atom. The van der Waals surface area contributed by atoms with E-state index in [1.54, 1.807) is 6.08 Å². The molecule has 218 valence electrons. The Kier molecular flexibility index (Phi) is 24.3. The van der Waals surface area contributed by atoms with Gasteiger partial charge in [-0.15, -0.1) is 0 Å². The molecule has 6 nitrogen and oxygen atoms in total. The number of carbonyl (C=O) groups is 1. The summed E-state index contributed by atoms with van der Waals surface area (Å²) >= 11 is 0. The van der Waals surface area contributed by atoms with Crippen molar-refractivity contribution >= 4 is 16.0 Å². The fourth-order valence-electron chi connectivity index (χ4n) is 4.34. The van der Waals surface area contributed by atoms with Crippen LogP contribution >= 0.6 is 0 Å². The van der Waals surface area contributed by atoms with Gasteiger partial charge in [0.1, 0.15) is 0 Å². The van der Waals surface area contributed by atoms with Gasteiger partial charge in [-0.1, -0.05) is 128 Å². The van der Waals surface area contributed by atoms with Crippen LogP contribution in [-0.4, -0.2) is 41.9 Å². The second-order valence-electron chi connectivity index (χ2n) is 10.4. The highest BCUT2D eigenvalue weighted by Gasteiger charge is 2.24. The van der Waals surface area contributed by atoms with E-state index in [1.165, 1.54) is 89.5 Å². The van der Waals surface area contributed by atoms with Crippen LogP contribution in [0.15, 0.2) is 24.3 Å². The van der Waals surface area contributed by atoms with Crippen molar-refractivity contribution in [1.82, 2.24) is 5.32 Å². The number of hydrogen-bond acceptors (Lipinski definition) is 4. The second kappa shape index (κ2) is 25.1. The molecule has 0 aliphatic rings. The predicted molar refractivity (Wildman–Crippen MR) is 156 cm³/mol. The van der Waals surface area contributed by atoms with Crippen LogP contribution in [0, 0.1) is 0 Å². The number of aliphatic hydroxyl groups excluding tert-OH is 1. The molecule has 0 saturated carbocycles. The number of nitrogens with one attached hydrogen (secondary N) is 1. The van der Waals surface area contributed by atoms with Gasteiger partial charge in [0.05, 0.1) is 17.9 Å². The summed E-state index contributed by atoms with van der Waals surface area (Å²) in [6.45, 7) is 4.44. The molecule has 0 aliphatic heterocycles. The standard InChI is InChI=1S/C30H57NO5S/c1-3-5-7-9-11-13-15-17-19-21-23-25-29(32)28(27-37(34,35)36)31-30(33)26-24-22-20-18-16-14-12-10-8-6-4-2/h15,17,23,25,28-29,32H,3-14,16,18-22,24,26-27H2,1-2H3,(H,31,33)(H,34,35,36)/b17-15+,25-23+. The number of allylic oxidation sites excluding steroid dienone is 3. The maximum atomic E-state index is 12.3. The Balaban J connectivity index is 4.17. The molecule has 0 bridgehead atoms. The smallest absolute Gasteiger partial charge is 0.267 e. The highest BCUT2D eigenvalue weighted by atomic mass is 32.2. The fourth-order valence-corrected chi connectivity index (χ4v) is 5.08. The second-order valence-corrected chi connectivity index (χ2v) is 11.9. The van der Waals surface area contributed by atoms with Gasteiger partial charge < -0.3 is 10.4 Å². The molecule has 7 heteroatoms. The van der Waals surface area contributed by atoms with E-state index in [2.05, 4.69) is 31.3 Å². The van der Waals surface area contributed by atoms with Crippen LogP contribution < -0.4 is 5.32 Å². The third-order valence-corrected chi connectivity index (χ3v) is 7.41. The molecule has 2 unspecified atom stereocenters. The van der Waals surface area contributed by atoms with Crippen LogP contribution in [0.1, 0.15) is 142 Å². The third kappa shape index (κ3) is 26.2. The molecule has 0 spiro atoms. The largest absolute Gasteiger partial charge is 0.387 e. The quantitative estimate of drug-likeness (QED) is 0.0590. The summed E-state index contributed by atoms with van der Waals surface area (Å²) < 4.78 is 32.1. The fraction of sp³-hybridized carbons (Fsp3) is 0.833. The number of aliphatic hydroxyl groups is 1. The van der Waals surface area contributed by atoms with Crippen molar-refractivity contribution in [1.29, 1.82) is 0 Å². The summed E-state index contributed by atoms with van der Waals surface area (Å²) in [6.07, 6.45) is 28.8. The van der Waals surface area contributed by atoms with Gasteiger partial charge in [-0.3, -0.25) is 9.35 Å². The molecular formula is C30H57NO5S. The average molecular weight is 544 g/mol. The highest BCUT2D eigenvalue weighted by molar-refractivity contribution is 7.85. The summed E-state index contributed by atoms with van der Waals surface area (Å²) in [5.41, 5.74) is 0. The zero-order valence-electron chi connectivity index (χ0n) is 23.8. The van der Waals surface area contributed by atoms with Crippen molar-refractivity contribution in [2.45, 2.75) is 154 Å². The molecule has 0 heterocycles. The molecule has 1 amide bonds. The first kappa shape index (κ1) is 35.8. The molecule has 3 N–H and O–H groups in total. The lowest BCUT2D eigenvalue weighted by Gasteiger charge is -2.21. The summed E-state index contributed by atoms with van der Waals surface area (Å²) in [6, 6.07) is -1.06. The monoisotopic (exact) mass is 543 g/mol. The summed E-state index contributed by atoms with van der Waals surface area (Å²) in [7, 11) is -4.33. The minimum atomic E-state index is -4.33. The summed E-state index contributed by atoms with van der Waals surface area (Å²) in [5, 5.41) is 13.0. The lowest BCUT2D eigenvalue weighted by molar-refractivity contribution is -0.122. The molecular weight excluding hydrogens is 486 g/mol. The van der Waals surface area contributed by atoms with Crippen molar-refractivity contribution in [3.63, 3.8) is 0 Å². The van der Waals surface area contributed by atoms with Gasteiger partial charge in [-0.25, -0.2) is 0 Å². The molecule has 0 aromatic heterocycles. The molecule has 0 aromatic carbocycles. The van der Waals surface area contributed by atoms with Crippen LogP contribution in [0.5, 0.6) is 0 Å². The van der Waals surface area contributed by atoms with Crippen molar-refractivity contribution in [3.8, 4) is 0 Å². The van der Waals surface area contributed by atoms with E-state index in [1.807, 2.05) is 0 Å². The number of rotatable bonds is 26. The van der Waals surface area contributed by atoms with Crippen LogP contribution in [0.2, 0.25) is 0 Å². The van der Waals surface area contributed by atoms with Crippen molar-refractivity contribution in [2.24, 2.45) is 0 Å².